The number of carbonyl (C=O) groups excluding carboxylic acids is 2. The van der Waals surface area contributed by atoms with Crippen LogP contribution >= 0.6 is 11.6 Å². The zero-order chi connectivity index (χ0) is 22.3. The molecule has 1 saturated heterocycles. The average molecular weight is 452 g/mol. The highest BCUT2D eigenvalue weighted by Crippen LogP contribution is 2.33. The monoisotopic (exact) mass is 451 g/mol. The minimum Gasteiger partial charge on any atom is -0.376 e. The topological polar surface area (TPSA) is 63.6 Å². The van der Waals surface area contributed by atoms with E-state index < -0.39 is 5.54 Å². The molecule has 2 amide bonds. The Balaban J connectivity index is 1.52. The van der Waals surface area contributed by atoms with Crippen LogP contribution in [0.4, 0.5) is 0 Å². The fourth-order valence-electron chi connectivity index (χ4n) is 4.77. The second-order valence-electron chi connectivity index (χ2n) is 8.81. The molecule has 0 saturated carbocycles. The van der Waals surface area contributed by atoms with Crippen molar-refractivity contribution in [2.24, 2.45) is 0 Å². The van der Waals surface area contributed by atoms with Crippen LogP contribution in [0.15, 0.2) is 54.6 Å². The molecular formula is C25H26ClN3O3. The zero-order valence-electron chi connectivity index (χ0n) is 18.0. The van der Waals surface area contributed by atoms with Gasteiger partial charge in [-0.05, 0) is 49.6 Å². The van der Waals surface area contributed by atoms with Gasteiger partial charge in [-0.25, -0.2) is 0 Å². The Bertz CT molecular complexity index is 1180. The number of benzene rings is 2. The van der Waals surface area contributed by atoms with Crippen molar-refractivity contribution in [3.8, 4) is 0 Å². The first kappa shape index (κ1) is 21.0. The maximum Gasteiger partial charge on any atom is 0.271 e. The number of para-hydroxylation sites is 1. The minimum atomic E-state index is -1.06. The molecule has 0 bridgehead atoms. The lowest BCUT2D eigenvalue weighted by Crippen LogP contribution is -2.64. The molecule has 5 rings (SSSR count). The highest BCUT2D eigenvalue weighted by Gasteiger charge is 2.47. The number of halogens is 1. The van der Waals surface area contributed by atoms with E-state index >= 15 is 0 Å². The van der Waals surface area contributed by atoms with Crippen molar-refractivity contribution in [2.75, 3.05) is 13.2 Å². The second-order valence-corrected chi connectivity index (χ2v) is 9.25. The Morgan fingerprint density at radius 2 is 2.06 bits per heavy atom. The average Bonchev–Trinajstić information content (AvgIpc) is 3.43. The lowest BCUT2D eigenvalue weighted by molar-refractivity contribution is -0.133. The summed E-state index contributed by atoms with van der Waals surface area (Å²) in [5.41, 5.74) is 1.37. The Morgan fingerprint density at radius 3 is 2.84 bits per heavy atom. The van der Waals surface area contributed by atoms with Gasteiger partial charge in [0.1, 0.15) is 11.2 Å². The third-order valence-electron chi connectivity index (χ3n) is 6.57. The van der Waals surface area contributed by atoms with Crippen LogP contribution in [0.25, 0.3) is 10.9 Å². The summed E-state index contributed by atoms with van der Waals surface area (Å²) >= 11 is 6.19. The number of carbonyl (C=O) groups is 2. The number of hydrogen-bond donors (Lipinski definition) is 1. The molecule has 0 spiro atoms. The number of hydrogen-bond acceptors (Lipinski definition) is 3. The van der Waals surface area contributed by atoms with Crippen LogP contribution in [-0.2, 0) is 22.6 Å². The molecule has 0 unspecified atom stereocenters. The van der Waals surface area contributed by atoms with E-state index in [2.05, 4.69) is 5.32 Å². The smallest absolute Gasteiger partial charge is 0.271 e. The van der Waals surface area contributed by atoms with Crippen LogP contribution in [0.1, 0.15) is 35.8 Å². The largest absolute Gasteiger partial charge is 0.376 e. The van der Waals surface area contributed by atoms with Crippen LogP contribution in [0.3, 0.4) is 0 Å². The summed E-state index contributed by atoms with van der Waals surface area (Å²) in [7, 11) is 0. The molecule has 1 N–H and O–H groups in total. The standard InChI is InChI=1S/C25H26ClN3O3/c1-25(24(31)27-14-20-9-5-11-32-20)16-28-21-10-3-2-7-18(21)13-22(28)23(30)29(25)15-17-6-4-8-19(26)12-17/h2-4,6-8,10,12-13,20H,5,9,11,14-16H2,1H3,(H,27,31)/t20-,25+/m0/s1. The summed E-state index contributed by atoms with van der Waals surface area (Å²) in [6, 6.07) is 17.2. The summed E-state index contributed by atoms with van der Waals surface area (Å²) in [6.45, 7) is 3.70. The maximum absolute atomic E-state index is 13.7. The van der Waals surface area contributed by atoms with E-state index in [9.17, 15) is 9.59 Å². The Hall–Kier alpha value is -2.83. The number of fused-ring (bicyclic) bond motifs is 3. The van der Waals surface area contributed by atoms with Crippen molar-refractivity contribution in [3.63, 3.8) is 0 Å². The highest BCUT2D eigenvalue weighted by molar-refractivity contribution is 6.30. The van der Waals surface area contributed by atoms with E-state index in [-0.39, 0.29) is 17.9 Å². The molecule has 0 aliphatic carbocycles. The summed E-state index contributed by atoms with van der Waals surface area (Å²) in [6.07, 6.45) is 1.98. The van der Waals surface area contributed by atoms with Crippen LogP contribution < -0.4 is 5.32 Å². The van der Waals surface area contributed by atoms with Crippen LogP contribution in [0, 0.1) is 0 Å². The van der Waals surface area contributed by atoms with Gasteiger partial charge in [0.25, 0.3) is 5.91 Å². The molecule has 3 aromatic rings. The molecule has 3 heterocycles. The quantitative estimate of drug-likeness (QED) is 0.637. The lowest BCUT2D eigenvalue weighted by Gasteiger charge is -2.44. The van der Waals surface area contributed by atoms with Gasteiger partial charge in [-0.1, -0.05) is 41.9 Å². The van der Waals surface area contributed by atoms with E-state index in [1.54, 1.807) is 11.0 Å². The van der Waals surface area contributed by atoms with Gasteiger partial charge in [0.05, 0.1) is 12.6 Å². The Labute approximate surface area is 192 Å². The molecule has 1 aromatic heterocycles. The first-order valence-corrected chi connectivity index (χ1v) is 11.4. The summed E-state index contributed by atoms with van der Waals surface area (Å²) in [5.74, 6) is -0.339. The molecule has 2 aromatic carbocycles. The van der Waals surface area contributed by atoms with Gasteiger partial charge in [-0.15, -0.1) is 0 Å². The second kappa shape index (κ2) is 8.26. The SMILES string of the molecule is C[C@]1(C(=O)NC[C@@H]2CCCO2)Cn2c(cc3ccccc32)C(=O)N1Cc1cccc(Cl)c1. The van der Waals surface area contributed by atoms with Gasteiger partial charge in [0.2, 0.25) is 5.91 Å². The number of ether oxygens (including phenoxy) is 1. The van der Waals surface area contributed by atoms with Gasteiger partial charge in [0, 0.05) is 35.6 Å². The summed E-state index contributed by atoms with van der Waals surface area (Å²) in [5, 5.41) is 4.65. The molecule has 2 atom stereocenters. The van der Waals surface area contributed by atoms with E-state index in [0.717, 1.165) is 35.9 Å². The normalized spacial score (nSPS) is 22.9. The van der Waals surface area contributed by atoms with Crippen molar-refractivity contribution in [3.05, 3.63) is 70.9 Å². The molecule has 1 fully saturated rings. The highest BCUT2D eigenvalue weighted by atomic mass is 35.5. The fraction of sp³-hybridized carbons (Fsp3) is 0.360. The van der Waals surface area contributed by atoms with Crippen molar-refractivity contribution in [1.29, 1.82) is 0 Å². The molecule has 32 heavy (non-hydrogen) atoms. The number of rotatable bonds is 5. The van der Waals surface area contributed by atoms with Crippen molar-refractivity contribution in [1.82, 2.24) is 14.8 Å². The predicted molar refractivity (Wildman–Crippen MR) is 124 cm³/mol. The van der Waals surface area contributed by atoms with Crippen LogP contribution in [0.2, 0.25) is 5.02 Å². The molecule has 6 nitrogen and oxygen atoms in total. The Morgan fingerprint density at radius 1 is 1.22 bits per heavy atom. The molecule has 2 aliphatic heterocycles. The maximum atomic E-state index is 13.7. The number of nitrogens with one attached hydrogen (secondary N) is 1. The predicted octanol–water partition coefficient (Wildman–Crippen LogP) is 4.00. The molecule has 0 radical (unpaired) electrons. The molecule has 2 aliphatic rings. The first-order chi connectivity index (χ1) is 15.5. The summed E-state index contributed by atoms with van der Waals surface area (Å²) < 4.78 is 7.64. The number of amides is 2. The van der Waals surface area contributed by atoms with E-state index in [1.807, 2.05) is 60.0 Å². The molecule has 7 heteroatoms. The lowest BCUT2D eigenvalue weighted by atomic mass is 9.93. The third kappa shape index (κ3) is 3.67. The Kier molecular flexibility index (Phi) is 5.43. The van der Waals surface area contributed by atoms with Crippen molar-refractivity contribution >= 4 is 34.3 Å². The van der Waals surface area contributed by atoms with E-state index in [0.29, 0.717) is 30.4 Å². The minimum absolute atomic E-state index is 0.0335. The molecule has 166 valence electrons. The number of aromatic nitrogens is 1. The van der Waals surface area contributed by atoms with Gasteiger partial charge >= 0.3 is 0 Å². The number of nitrogens with zero attached hydrogens (tertiary/aromatic N) is 2. The van der Waals surface area contributed by atoms with Gasteiger partial charge in [0.15, 0.2) is 0 Å². The molecular weight excluding hydrogens is 426 g/mol. The first-order valence-electron chi connectivity index (χ1n) is 11.0. The van der Waals surface area contributed by atoms with Gasteiger partial charge in [-0.3, -0.25) is 9.59 Å². The summed E-state index contributed by atoms with van der Waals surface area (Å²) in [4.78, 5) is 29.0. The van der Waals surface area contributed by atoms with Gasteiger partial charge in [-0.2, -0.15) is 0 Å². The van der Waals surface area contributed by atoms with Crippen LogP contribution in [-0.4, -0.2) is 46.1 Å². The van der Waals surface area contributed by atoms with E-state index in [1.165, 1.54) is 0 Å². The van der Waals surface area contributed by atoms with Crippen LogP contribution in [0.5, 0.6) is 0 Å². The fourth-order valence-corrected chi connectivity index (χ4v) is 4.99. The third-order valence-corrected chi connectivity index (χ3v) is 6.80. The van der Waals surface area contributed by atoms with E-state index in [4.69, 9.17) is 16.3 Å². The van der Waals surface area contributed by atoms with Crippen molar-refractivity contribution < 1.29 is 14.3 Å². The van der Waals surface area contributed by atoms with Gasteiger partial charge < -0.3 is 19.5 Å². The van der Waals surface area contributed by atoms with Crippen molar-refractivity contribution in [2.45, 2.75) is 44.5 Å². The zero-order valence-corrected chi connectivity index (χ0v) is 18.8.